The molecule has 1 amide bonds. The first-order valence-electron chi connectivity index (χ1n) is 10.4. The number of rotatable bonds is 5. The molecule has 0 unspecified atom stereocenters. The van der Waals surface area contributed by atoms with Gasteiger partial charge in [0.2, 0.25) is 5.91 Å². The summed E-state index contributed by atoms with van der Waals surface area (Å²) in [7, 11) is 0. The van der Waals surface area contributed by atoms with Gasteiger partial charge < -0.3 is 4.90 Å². The van der Waals surface area contributed by atoms with Crippen LogP contribution in [0, 0.1) is 0 Å². The molecule has 4 nitrogen and oxygen atoms in total. The van der Waals surface area contributed by atoms with Crippen LogP contribution in [0.1, 0.15) is 62.3 Å². The van der Waals surface area contributed by atoms with Crippen LogP contribution in [0.5, 0.6) is 0 Å². The molecule has 3 rings (SSSR count). The Kier molecular flexibility index (Phi) is 6.43. The minimum atomic E-state index is -4.43. The van der Waals surface area contributed by atoms with Gasteiger partial charge in [-0.2, -0.15) is 18.3 Å². The van der Waals surface area contributed by atoms with E-state index >= 15 is 0 Å². The van der Waals surface area contributed by atoms with Crippen LogP contribution in [0.4, 0.5) is 18.9 Å². The lowest BCUT2D eigenvalue weighted by Crippen LogP contribution is -2.48. The van der Waals surface area contributed by atoms with Gasteiger partial charge in [-0.1, -0.05) is 31.2 Å². The minimum Gasteiger partial charge on any atom is -0.366 e. The van der Waals surface area contributed by atoms with Crippen molar-refractivity contribution >= 4 is 17.8 Å². The standard InChI is InChI=1S/C24H28F3N3O/c1-5-30-21-10-9-18(12-20(21)16(2)14-23(30,3)4)15-28-29-22(31)13-17-7-6-8-19(11-17)24(25,26)27/h6-12,15-16H,5,13-14H2,1-4H3,(H,29,31)/b28-15+/t16-/m0/s1. The van der Waals surface area contributed by atoms with Gasteiger partial charge >= 0.3 is 6.18 Å². The van der Waals surface area contributed by atoms with Crippen LogP contribution in [0.3, 0.4) is 0 Å². The summed E-state index contributed by atoms with van der Waals surface area (Å²) >= 11 is 0. The molecule has 1 heterocycles. The van der Waals surface area contributed by atoms with Crippen molar-refractivity contribution in [1.82, 2.24) is 5.43 Å². The summed E-state index contributed by atoms with van der Waals surface area (Å²) in [4.78, 5) is 14.5. The van der Waals surface area contributed by atoms with E-state index in [0.29, 0.717) is 5.92 Å². The summed E-state index contributed by atoms with van der Waals surface area (Å²) in [6.07, 6.45) is -2.00. The van der Waals surface area contributed by atoms with Gasteiger partial charge in [0.25, 0.3) is 0 Å². The van der Waals surface area contributed by atoms with E-state index in [9.17, 15) is 18.0 Å². The van der Waals surface area contributed by atoms with Gasteiger partial charge in [0, 0.05) is 17.8 Å². The van der Waals surface area contributed by atoms with Gasteiger partial charge in [0.15, 0.2) is 0 Å². The predicted molar refractivity (Wildman–Crippen MR) is 117 cm³/mol. The van der Waals surface area contributed by atoms with E-state index in [1.165, 1.54) is 23.4 Å². The fraction of sp³-hybridized carbons (Fsp3) is 0.417. The lowest BCUT2D eigenvalue weighted by molar-refractivity contribution is -0.137. The smallest absolute Gasteiger partial charge is 0.366 e. The molecule has 7 heteroatoms. The first kappa shape index (κ1) is 22.8. The van der Waals surface area contributed by atoms with Crippen molar-refractivity contribution < 1.29 is 18.0 Å². The van der Waals surface area contributed by atoms with E-state index in [1.54, 1.807) is 6.21 Å². The fourth-order valence-corrected chi connectivity index (χ4v) is 4.45. The van der Waals surface area contributed by atoms with Gasteiger partial charge in [-0.05, 0) is 68.0 Å². The van der Waals surface area contributed by atoms with Crippen molar-refractivity contribution in [2.75, 3.05) is 11.4 Å². The normalized spacial score (nSPS) is 18.2. The molecule has 0 aromatic heterocycles. The Morgan fingerprint density at radius 3 is 2.68 bits per heavy atom. The zero-order valence-electron chi connectivity index (χ0n) is 18.3. The number of halogens is 3. The van der Waals surface area contributed by atoms with Crippen LogP contribution in [0.2, 0.25) is 0 Å². The Hall–Kier alpha value is -2.83. The number of fused-ring (bicyclic) bond motifs is 1. The Bertz CT molecular complexity index is 982. The molecule has 0 saturated heterocycles. The first-order chi connectivity index (χ1) is 14.5. The summed E-state index contributed by atoms with van der Waals surface area (Å²) < 4.78 is 38.4. The minimum absolute atomic E-state index is 0.0914. The summed E-state index contributed by atoms with van der Waals surface area (Å²) in [5.74, 6) is -0.0718. The Balaban J connectivity index is 1.67. The molecule has 1 N–H and O–H groups in total. The molecule has 2 aromatic rings. The molecular formula is C24H28F3N3O. The summed E-state index contributed by atoms with van der Waals surface area (Å²) in [5.41, 5.74) is 5.34. The van der Waals surface area contributed by atoms with Crippen LogP contribution in [-0.2, 0) is 17.4 Å². The third-order valence-electron chi connectivity index (χ3n) is 5.75. The monoisotopic (exact) mass is 431 g/mol. The molecule has 0 bridgehead atoms. The number of carbonyl (C=O) groups excluding carboxylic acids is 1. The topological polar surface area (TPSA) is 44.7 Å². The predicted octanol–water partition coefficient (Wildman–Crippen LogP) is 5.51. The first-order valence-corrected chi connectivity index (χ1v) is 10.4. The van der Waals surface area contributed by atoms with Crippen molar-refractivity contribution in [2.45, 2.75) is 58.2 Å². The van der Waals surface area contributed by atoms with Gasteiger partial charge in [0.05, 0.1) is 18.2 Å². The highest BCUT2D eigenvalue weighted by Crippen LogP contribution is 2.43. The Labute approximate surface area is 181 Å². The quantitative estimate of drug-likeness (QED) is 0.501. The van der Waals surface area contributed by atoms with Gasteiger partial charge in [-0.15, -0.1) is 0 Å². The number of benzene rings is 2. The molecular weight excluding hydrogens is 403 g/mol. The lowest BCUT2D eigenvalue weighted by atomic mass is 9.79. The highest BCUT2D eigenvalue weighted by molar-refractivity contribution is 5.84. The molecule has 31 heavy (non-hydrogen) atoms. The molecule has 1 aliphatic heterocycles. The maximum Gasteiger partial charge on any atom is 0.416 e. The molecule has 0 fully saturated rings. The third-order valence-corrected chi connectivity index (χ3v) is 5.75. The van der Waals surface area contributed by atoms with Crippen LogP contribution in [0.25, 0.3) is 0 Å². The van der Waals surface area contributed by atoms with Crippen LogP contribution in [-0.4, -0.2) is 24.2 Å². The fourth-order valence-electron chi connectivity index (χ4n) is 4.45. The SMILES string of the molecule is CCN1c2ccc(/C=N/NC(=O)Cc3cccc(C(F)(F)F)c3)cc2[C@@H](C)CC1(C)C. The number of hydrogen-bond donors (Lipinski definition) is 1. The number of carbonyl (C=O) groups is 1. The number of nitrogens with one attached hydrogen (secondary N) is 1. The number of hydrogen-bond acceptors (Lipinski definition) is 3. The Morgan fingerprint density at radius 1 is 1.26 bits per heavy atom. The van der Waals surface area contributed by atoms with Crippen molar-refractivity contribution in [2.24, 2.45) is 5.10 Å². The van der Waals surface area contributed by atoms with Crippen LogP contribution in [0.15, 0.2) is 47.6 Å². The van der Waals surface area contributed by atoms with Gasteiger partial charge in [-0.3, -0.25) is 4.79 Å². The highest BCUT2D eigenvalue weighted by atomic mass is 19.4. The van der Waals surface area contributed by atoms with E-state index in [4.69, 9.17) is 0 Å². The molecule has 0 saturated carbocycles. The third kappa shape index (κ3) is 5.27. The van der Waals surface area contributed by atoms with E-state index < -0.39 is 17.6 Å². The molecule has 0 spiro atoms. The van der Waals surface area contributed by atoms with Crippen LogP contribution < -0.4 is 10.3 Å². The van der Waals surface area contributed by atoms with E-state index in [2.05, 4.69) is 55.3 Å². The summed E-state index contributed by atoms with van der Waals surface area (Å²) in [5, 5.41) is 3.99. The molecule has 1 aliphatic rings. The Morgan fingerprint density at radius 2 is 2.00 bits per heavy atom. The maximum atomic E-state index is 12.8. The second kappa shape index (κ2) is 8.73. The zero-order valence-corrected chi connectivity index (χ0v) is 18.3. The highest BCUT2D eigenvalue weighted by Gasteiger charge is 2.35. The average molecular weight is 432 g/mol. The number of hydrazone groups is 1. The number of nitrogens with zero attached hydrogens (tertiary/aromatic N) is 2. The summed E-state index contributed by atoms with van der Waals surface area (Å²) in [6.45, 7) is 9.80. The van der Waals surface area contributed by atoms with E-state index in [0.717, 1.165) is 30.7 Å². The van der Waals surface area contributed by atoms with Crippen molar-refractivity contribution in [3.63, 3.8) is 0 Å². The molecule has 166 valence electrons. The number of anilines is 1. The molecule has 0 aliphatic carbocycles. The van der Waals surface area contributed by atoms with Crippen LogP contribution >= 0.6 is 0 Å². The molecule has 1 atom stereocenters. The summed E-state index contributed by atoms with van der Waals surface area (Å²) in [6, 6.07) is 10.9. The lowest BCUT2D eigenvalue weighted by Gasteiger charge is -2.47. The zero-order chi connectivity index (χ0) is 22.8. The van der Waals surface area contributed by atoms with Crippen molar-refractivity contribution in [3.05, 3.63) is 64.7 Å². The average Bonchev–Trinajstić information content (AvgIpc) is 2.67. The largest absolute Gasteiger partial charge is 0.416 e. The molecule has 0 radical (unpaired) electrons. The van der Waals surface area contributed by atoms with Gasteiger partial charge in [-0.25, -0.2) is 5.43 Å². The van der Waals surface area contributed by atoms with E-state index in [-0.39, 0.29) is 17.5 Å². The van der Waals surface area contributed by atoms with Crippen molar-refractivity contribution in [1.29, 1.82) is 0 Å². The van der Waals surface area contributed by atoms with Crippen molar-refractivity contribution in [3.8, 4) is 0 Å². The van der Waals surface area contributed by atoms with E-state index in [1.807, 2.05) is 6.07 Å². The molecule has 2 aromatic carbocycles. The number of amides is 1. The van der Waals surface area contributed by atoms with Gasteiger partial charge in [0.1, 0.15) is 0 Å². The second-order valence-corrected chi connectivity index (χ2v) is 8.65. The number of alkyl halides is 3. The second-order valence-electron chi connectivity index (χ2n) is 8.65. The maximum absolute atomic E-state index is 12.8.